The second-order valence-electron chi connectivity index (χ2n) is 5.74. The number of aliphatic hydroxyl groups is 1. The summed E-state index contributed by atoms with van der Waals surface area (Å²) < 4.78 is 18.7. The predicted octanol–water partition coefficient (Wildman–Crippen LogP) is 2.98. The van der Waals surface area contributed by atoms with Crippen molar-refractivity contribution < 1.29 is 18.7 Å². The maximum atomic E-state index is 13.3. The molecule has 2 rings (SSSR count). The molecule has 5 heteroatoms. The molecule has 0 unspecified atom stereocenters. The molecule has 118 valence electrons. The van der Waals surface area contributed by atoms with Crippen molar-refractivity contribution in [1.29, 1.82) is 0 Å². The lowest BCUT2D eigenvalue weighted by atomic mass is 9.96. The minimum absolute atomic E-state index is 0.00159. The van der Waals surface area contributed by atoms with Gasteiger partial charge in [-0.3, -0.25) is 4.79 Å². The molecule has 2 aromatic rings. The molecule has 22 heavy (non-hydrogen) atoms. The van der Waals surface area contributed by atoms with Crippen LogP contribution in [0.5, 0.6) is 0 Å². The number of carbonyl (C=O) groups is 1. The van der Waals surface area contributed by atoms with Gasteiger partial charge in [0.1, 0.15) is 22.9 Å². The Hall–Kier alpha value is -2.14. The lowest BCUT2D eigenvalue weighted by molar-refractivity contribution is 0.0513. The van der Waals surface area contributed by atoms with Gasteiger partial charge in [0.05, 0.1) is 6.54 Å². The number of halogens is 1. The summed E-state index contributed by atoms with van der Waals surface area (Å²) in [5.74, 6) is 0.415. The Labute approximate surface area is 129 Å². The van der Waals surface area contributed by atoms with Crippen molar-refractivity contribution in [1.82, 2.24) is 5.32 Å². The maximum absolute atomic E-state index is 13.3. The normalized spacial score (nSPS) is 13.7. The van der Waals surface area contributed by atoms with Crippen LogP contribution >= 0.6 is 0 Å². The topological polar surface area (TPSA) is 62.5 Å². The lowest BCUT2D eigenvalue weighted by Crippen LogP contribution is -2.39. The van der Waals surface area contributed by atoms with Gasteiger partial charge in [-0.25, -0.2) is 4.39 Å². The zero-order valence-electron chi connectivity index (χ0n) is 13.2. The first-order chi connectivity index (χ1) is 10.2. The molecule has 0 saturated heterocycles. The molecule has 1 atom stereocenters. The van der Waals surface area contributed by atoms with E-state index >= 15 is 0 Å². The third-order valence-corrected chi connectivity index (χ3v) is 3.66. The minimum atomic E-state index is -1.27. The second-order valence-corrected chi connectivity index (χ2v) is 5.74. The highest BCUT2D eigenvalue weighted by Gasteiger charge is 2.28. The summed E-state index contributed by atoms with van der Waals surface area (Å²) in [6.45, 7) is 6.89. The smallest absolute Gasteiger partial charge is 0.251 e. The molecule has 1 amide bonds. The van der Waals surface area contributed by atoms with E-state index < -0.39 is 17.3 Å². The molecular weight excluding hydrogens is 285 g/mol. The Morgan fingerprint density at radius 2 is 2.00 bits per heavy atom. The SMILES string of the molecule is Cc1cc([C@@](C)(O)CNC(=O)c2cc(F)ccc2C)c(C)o1. The second kappa shape index (κ2) is 5.93. The first kappa shape index (κ1) is 16.2. The molecule has 1 aromatic carbocycles. The number of carbonyl (C=O) groups excluding carboxylic acids is 1. The summed E-state index contributed by atoms with van der Waals surface area (Å²) in [5, 5.41) is 13.2. The van der Waals surface area contributed by atoms with Crippen molar-refractivity contribution in [3.63, 3.8) is 0 Å². The number of amides is 1. The Morgan fingerprint density at radius 3 is 2.59 bits per heavy atom. The van der Waals surface area contributed by atoms with E-state index in [2.05, 4.69) is 5.32 Å². The summed E-state index contributed by atoms with van der Waals surface area (Å²) in [7, 11) is 0. The van der Waals surface area contributed by atoms with Crippen LogP contribution in [0.4, 0.5) is 4.39 Å². The van der Waals surface area contributed by atoms with Crippen LogP contribution in [0.2, 0.25) is 0 Å². The van der Waals surface area contributed by atoms with Gasteiger partial charge in [0.2, 0.25) is 0 Å². The van der Waals surface area contributed by atoms with Gasteiger partial charge in [0, 0.05) is 11.1 Å². The number of aryl methyl sites for hydroxylation is 3. The fourth-order valence-electron chi connectivity index (χ4n) is 2.45. The van der Waals surface area contributed by atoms with Gasteiger partial charge in [-0.15, -0.1) is 0 Å². The monoisotopic (exact) mass is 305 g/mol. The fourth-order valence-corrected chi connectivity index (χ4v) is 2.45. The molecule has 0 saturated carbocycles. The molecule has 2 N–H and O–H groups in total. The van der Waals surface area contributed by atoms with E-state index in [0.29, 0.717) is 22.6 Å². The Bertz CT molecular complexity index is 704. The minimum Gasteiger partial charge on any atom is -0.466 e. The molecule has 0 bridgehead atoms. The molecule has 1 aromatic heterocycles. The Kier molecular flexibility index (Phi) is 4.37. The summed E-state index contributed by atoms with van der Waals surface area (Å²) in [5.41, 5.74) is 0.296. The average Bonchev–Trinajstić information content (AvgIpc) is 2.79. The van der Waals surface area contributed by atoms with E-state index in [1.54, 1.807) is 39.8 Å². The highest BCUT2D eigenvalue weighted by atomic mass is 19.1. The van der Waals surface area contributed by atoms with Crippen LogP contribution in [-0.4, -0.2) is 17.6 Å². The number of rotatable bonds is 4. The zero-order valence-corrected chi connectivity index (χ0v) is 13.2. The van der Waals surface area contributed by atoms with Gasteiger partial charge in [0.25, 0.3) is 5.91 Å². The molecule has 1 heterocycles. The molecule has 0 aliphatic carbocycles. The average molecular weight is 305 g/mol. The van der Waals surface area contributed by atoms with Crippen molar-refractivity contribution in [3.05, 3.63) is 58.3 Å². The Balaban J connectivity index is 2.13. The summed E-state index contributed by atoms with van der Waals surface area (Å²) in [6, 6.07) is 5.79. The largest absolute Gasteiger partial charge is 0.466 e. The summed E-state index contributed by atoms with van der Waals surface area (Å²) >= 11 is 0. The highest BCUT2D eigenvalue weighted by Crippen LogP contribution is 2.26. The van der Waals surface area contributed by atoms with Crippen LogP contribution in [0.25, 0.3) is 0 Å². The van der Waals surface area contributed by atoms with Crippen LogP contribution in [0, 0.1) is 26.6 Å². The van der Waals surface area contributed by atoms with Crippen LogP contribution in [-0.2, 0) is 5.60 Å². The van der Waals surface area contributed by atoms with E-state index in [-0.39, 0.29) is 12.1 Å². The number of hydrogen-bond donors (Lipinski definition) is 2. The van der Waals surface area contributed by atoms with Crippen LogP contribution < -0.4 is 5.32 Å². The highest BCUT2D eigenvalue weighted by molar-refractivity contribution is 5.95. The molecular formula is C17H20FNO3. The molecule has 0 aliphatic heterocycles. The van der Waals surface area contributed by atoms with Gasteiger partial charge in [-0.2, -0.15) is 0 Å². The first-order valence-corrected chi connectivity index (χ1v) is 7.05. The molecule has 0 spiro atoms. The summed E-state index contributed by atoms with van der Waals surface area (Å²) in [6.07, 6.45) is 0. The van der Waals surface area contributed by atoms with Crippen LogP contribution in [0.3, 0.4) is 0 Å². The molecule has 4 nitrogen and oxygen atoms in total. The maximum Gasteiger partial charge on any atom is 0.251 e. The van der Waals surface area contributed by atoms with Crippen molar-refractivity contribution in [2.75, 3.05) is 6.54 Å². The number of furan rings is 1. The fraction of sp³-hybridized carbons (Fsp3) is 0.353. The number of benzene rings is 1. The third-order valence-electron chi connectivity index (χ3n) is 3.66. The molecule has 0 fully saturated rings. The van der Waals surface area contributed by atoms with E-state index in [9.17, 15) is 14.3 Å². The van der Waals surface area contributed by atoms with Gasteiger partial charge in [-0.05, 0) is 51.5 Å². The van der Waals surface area contributed by atoms with Crippen molar-refractivity contribution in [3.8, 4) is 0 Å². The first-order valence-electron chi connectivity index (χ1n) is 7.05. The van der Waals surface area contributed by atoms with Crippen molar-refractivity contribution in [2.24, 2.45) is 0 Å². The number of hydrogen-bond acceptors (Lipinski definition) is 3. The quantitative estimate of drug-likeness (QED) is 0.913. The molecule has 0 radical (unpaired) electrons. The van der Waals surface area contributed by atoms with E-state index in [0.717, 1.165) is 0 Å². The third kappa shape index (κ3) is 3.36. The van der Waals surface area contributed by atoms with Crippen molar-refractivity contribution >= 4 is 5.91 Å². The van der Waals surface area contributed by atoms with E-state index in [1.807, 2.05) is 0 Å². The lowest BCUT2D eigenvalue weighted by Gasteiger charge is -2.23. The predicted molar refractivity (Wildman–Crippen MR) is 81.2 cm³/mol. The van der Waals surface area contributed by atoms with Crippen LogP contribution in [0.1, 0.15) is 39.9 Å². The van der Waals surface area contributed by atoms with E-state index in [1.165, 1.54) is 12.1 Å². The van der Waals surface area contributed by atoms with Gasteiger partial charge in [0.15, 0.2) is 0 Å². The van der Waals surface area contributed by atoms with Gasteiger partial charge in [-0.1, -0.05) is 6.07 Å². The Morgan fingerprint density at radius 1 is 1.32 bits per heavy atom. The zero-order chi connectivity index (χ0) is 16.5. The standard InChI is InChI=1S/C17H20FNO3/c1-10-5-6-13(18)8-14(10)16(20)19-9-17(4,21)15-7-11(2)22-12(15)3/h5-8,21H,9H2,1-4H3,(H,19,20)/t17-/m0/s1. The van der Waals surface area contributed by atoms with E-state index in [4.69, 9.17) is 4.42 Å². The number of nitrogens with one attached hydrogen (secondary N) is 1. The van der Waals surface area contributed by atoms with Crippen LogP contribution in [0.15, 0.2) is 28.7 Å². The van der Waals surface area contributed by atoms with Gasteiger partial charge < -0.3 is 14.8 Å². The van der Waals surface area contributed by atoms with Gasteiger partial charge >= 0.3 is 0 Å². The molecule has 0 aliphatic rings. The summed E-state index contributed by atoms with van der Waals surface area (Å²) in [4.78, 5) is 12.2. The van der Waals surface area contributed by atoms with Crippen molar-refractivity contribution in [2.45, 2.75) is 33.3 Å².